The van der Waals surface area contributed by atoms with Crippen molar-refractivity contribution in [3.8, 4) is 17.2 Å². The van der Waals surface area contributed by atoms with Gasteiger partial charge in [-0.15, -0.1) is 0 Å². The Bertz CT molecular complexity index is 2110. The Kier molecular flexibility index (Phi) is 8.04. The minimum atomic E-state index is -0.253. The van der Waals surface area contributed by atoms with Crippen LogP contribution in [0, 0.1) is 0 Å². The summed E-state index contributed by atoms with van der Waals surface area (Å²) in [7, 11) is 1.66. The van der Waals surface area contributed by atoms with Gasteiger partial charge in [-0.25, -0.2) is 4.99 Å². The van der Waals surface area contributed by atoms with Crippen LogP contribution in [-0.4, -0.2) is 18.3 Å². The monoisotopic (exact) mass is 634 g/mol. The standard InChI is InChI=1S/C37H31ClN2O4S/c1-3-43-32-20-23(12-19-31(32)44-22-26-9-5-7-11-30(26)38)21-33-36(41)40-35(25-13-16-27(42-2)17-14-25)29-18-15-24-8-4-6-10-28(24)34(29)39-37(40)45-33/h4-14,16-17,19-21,35H,3,15,18,22H2,1-2H3/b33-21+/t35-/m1/s1. The van der Waals surface area contributed by atoms with Crippen molar-refractivity contribution in [1.82, 2.24) is 4.57 Å². The van der Waals surface area contributed by atoms with Crippen LogP contribution < -0.4 is 29.1 Å². The molecular formula is C37H31ClN2O4S. The van der Waals surface area contributed by atoms with Crippen LogP contribution in [-0.2, 0) is 13.0 Å². The van der Waals surface area contributed by atoms with Gasteiger partial charge in [0.25, 0.3) is 5.56 Å². The SMILES string of the molecule is CCOc1cc(/C=c2/sc3n(c2=O)[C@H](c2ccc(OC)cc2)C2=C(N=3)c3ccccc3CC2)ccc1OCc1ccccc1Cl. The van der Waals surface area contributed by atoms with E-state index in [1.165, 1.54) is 16.9 Å². The zero-order chi connectivity index (χ0) is 30.9. The molecule has 7 rings (SSSR count). The molecule has 0 radical (unpaired) electrons. The fourth-order valence-electron chi connectivity index (χ4n) is 6.03. The number of hydrogen-bond acceptors (Lipinski definition) is 6. The van der Waals surface area contributed by atoms with Crippen LogP contribution in [0.4, 0.5) is 0 Å². The lowest BCUT2D eigenvalue weighted by atomic mass is 9.83. The number of halogens is 1. The van der Waals surface area contributed by atoms with Gasteiger partial charge in [0.05, 0.1) is 30.0 Å². The summed E-state index contributed by atoms with van der Waals surface area (Å²) in [5.74, 6) is 1.99. The molecule has 1 aliphatic heterocycles. The maximum Gasteiger partial charge on any atom is 0.271 e. The summed E-state index contributed by atoms with van der Waals surface area (Å²) in [4.78, 5) is 20.0. The van der Waals surface area contributed by atoms with Crippen LogP contribution in [0.5, 0.6) is 17.2 Å². The molecule has 1 aliphatic carbocycles. The van der Waals surface area contributed by atoms with Crippen LogP contribution >= 0.6 is 22.9 Å². The Labute approximate surface area is 270 Å². The van der Waals surface area contributed by atoms with Gasteiger partial charge >= 0.3 is 0 Å². The van der Waals surface area contributed by atoms with Gasteiger partial charge in [-0.2, -0.15) is 0 Å². The fourth-order valence-corrected chi connectivity index (χ4v) is 7.22. The van der Waals surface area contributed by atoms with E-state index in [0.717, 1.165) is 52.1 Å². The van der Waals surface area contributed by atoms with Crippen LogP contribution in [0.3, 0.4) is 0 Å². The summed E-state index contributed by atoms with van der Waals surface area (Å²) in [6.45, 7) is 2.72. The van der Waals surface area contributed by atoms with E-state index in [-0.39, 0.29) is 11.6 Å². The molecule has 2 aliphatic rings. The zero-order valence-electron chi connectivity index (χ0n) is 25.0. The lowest BCUT2D eigenvalue weighted by Crippen LogP contribution is -2.38. The third kappa shape index (κ3) is 5.58. The molecule has 0 amide bonds. The summed E-state index contributed by atoms with van der Waals surface area (Å²) in [6, 6.07) is 29.5. The average molecular weight is 635 g/mol. The number of nitrogens with zero attached hydrogens (tertiary/aromatic N) is 2. The van der Waals surface area contributed by atoms with Crippen molar-refractivity contribution in [2.75, 3.05) is 13.7 Å². The molecule has 0 unspecified atom stereocenters. The number of methoxy groups -OCH3 is 1. The minimum absolute atomic E-state index is 0.0676. The summed E-state index contributed by atoms with van der Waals surface area (Å²) in [5, 5.41) is 0.653. The van der Waals surface area contributed by atoms with Crippen molar-refractivity contribution >= 4 is 34.7 Å². The van der Waals surface area contributed by atoms with Crippen LogP contribution in [0.1, 0.15) is 47.2 Å². The van der Waals surface area contributed by atoms with E-state index >= 15 is 0 Å². The molecule has 1 atom stereocenters. The van der Waals surface area contributed by atoms with Gasteiger partial charge in [0, 0.05) is 16.1 Å². The first kappa shape index (κ1) is 29.1. The molecule has 0 bridgehead atoms. The van der Waals surface area contributed by atoms with E-state index in [1.54, 1.807) is 7.11 Å². The molecule has 1 aromatic heterocycles. The highest BCUT2D eigenvalue weighted by atomic mass is 35.5. The highest BCUT2D eigenvalue weighted by Gasteiger charge is 2.32. The first-order valence-electron chi connectivity index (χ1n) is 14.9. The highest BCUT2D eigenvalue weighted by molar-refractivity contribution is 7.07. The van der Waals surface area contributed by atoms with Crippen molar-refractivity contribution in [3.05, 3.63) is 149 Å². The molecular weight excluding hydrogens is 604 g/mol. The van der Waals surface area contributed by atoms with Crippen LogP contribution in [0.25, 0.3) is 11.8 Å². The molecule has 0 saturated heterocycles. The van der Waals surface area contributed by atoms with E-state index in [4.69, 9.17) is 30.8 Å². The first-order valence-corrected chi connectivity index (χ1v) is 16.1. The van der Waals surface area contributed by atoms with Gasteiger partial charge in [0.2, 0.25) is 0 Å². The average Bonchev–Trinajstić information content (AvgIpc) is 3.38. The quantitative estimate of drug-likeness (QED) is 0.185. The van der Waals surface area contributed by atoms with Gasteiger partial charge < -0.3 is 14.2 Å². The third-order valence-electron chi connectivity index (χ3n) is 8.21. The van der Waals surface area contributed by atoms with Crippen molar-refractivity contribution in [2.45, 2.75) is 32.4 Å². The number of allylic oxidation sites excluding steroid dienone is 1. The smallest absolute Gasteiger partial charge is 0.271 e. The van der Waals surface area contributed by atoms with Gasteiger partial charge in [0.1, 0.15) is 12.4 Å². The summed E-state index contributed by atoms with van der Waals surface area (Å²) >= 11 is 7.74. The second-order valence-electron chi connectivity index (χ2n) is 10.9. The Morgan fingerprint density at radius 3 is 2.56 bits per heavy atom. The number of benzene rings is 4. The number of hydrogen-bond donors (Lipinski definition) is 0. The number of ether oxygens (including phenoxy) is 3. The van der Waals surface area contributed by atoms with E-state index in [2.05, 4.69) is 24.3 Å². The molecule has 2 heterocycles. The molecule has 6 nitrogen and oxygen atoms in total. The van der Waals surface area contributed by atoms with E-state index in [9.17, 15) is 4.79 Å². The van der Waals surface area contributed by atoms with Crippen LogP contribution in [0.15, 0.2) is 106 Å². The Morgan fingerprint density at radius 1 is 0.956 bits per heavy atom. The molecule has 5 aromatic rings. The highest BCUT2D eigenvalue weighted by Crippen LogP contribution is 2.41. The van der Waals surface area contributed by atoms with Crippen molar-refractivity contribution in [1.29, 1.82) is 0 Å². The Hall–Kier alpha value is -4.59. The predicted octanol–water partition coefficient (Wildman–Crippen LogP) is 6.96. The van der Waals surface area contributed by atoms with Crippen molar-refractivity contribution < 1.29 is 14.2 Å². The summed E-state index contributed by atoms with van der Waals surface area (Å²) in [6.07, 6.45) is 3.66. The van der Waals surface area contributed by atoms with E-state index in [0.29, 0.717) is 39.1 Å². The fraction of sp³-hybridized carbons (Fsp3) is 0.189. The maximum atomic E-state index is 14.2. The lowest BCUT2D eigenvalue weighted by Gasteiger charge is -2.30. The van der Waals surface area contributed by atoms with Crippen molar-refractivity contribution in [3.63, 3.8) is 0 Å². The third-order valence-corrected chi connectivity index (χ3v) is 9.56. The molecule has 226 valence electrons. The van der Waals surface area contributed by atoms with Gasteiger partial charge in [-0.05, 0) is 78.4 Å². The number of aryl methyl sites for hydroxylation is 1. The van der Waals surface area contributed by atoms with Gasteiger partial charge in [-0.1, -0.05) is 83.6 Å². The van der Waals surface area contributed by atoms with Gasteiger partial charge in [0.15, 0.2) is 16.3 Å². The largest absolute Gasteiger partial charge is 0.497 e. The number of thiazole rings is 1. The Morgan fingerprint density at radius 2 is 1.76 bits per heavy atom. The molecule has 0 fully saturated rings. The predicted molar refractivity (Wildman–Crippen MR) is 179 cm³/mol. The minimum Gasteiger partial charge on any atom is -0.497 e. The van der Waals surface area contributed by atoms with Crippen LogP contribution in [0.2, 0.25) is 5.02 Å². The molecule has 4 aromatic carbocycles. The van der Waals surface area contributed by atoms with Gasteiger partial charge in [-0.3, -0.25) is 9.36 Å². The molecule has 45 heavy (non-hydrogen) atoms. The lowest BCUT2D eigenvalue weighted by molar-refractivity contribution is 0.269. The Balaban J connectivity index is 1.31. The first-order chi connectivity index (χ1) is 22.0. The molecule has 0 N–H and O–H groups in total. The topological polar surface area (TPSA) is 62.0 Å². The molecule has 8 heteroatoms. The molecule has 0 saturated carbocycles. The second-order valence-corrected chi connectivity index (χ2v) is 12.3. The summed E-state index contributed by atoms with van der Waals surface area (Å²) < 4.78 is 19.9. The maximum absolute atomic E-state index is 14.2. The van der Waals surface area contributed by atoms with E-state index in [1.807, 2.05) is 84.3 Å². The molecule has 0 spiro atoms. The van der Waals surface area contributed by atoms with Crippen molar-refractivity contribution in [2.24, 2.45) is 4.99 Å². The zero-order valence-corrected chi connectivity index (χ0v) is 26.5. The number of rotatable bonds is 8. The second kappa shape index (κ2) is 12.4. The normalized spacial score (nSPS) is 15.5. The van der Waals surface area contributed by atoms with E-state index < -0.39 is 0 Å². The number of aromatic nitrogens is 1. The number of fused-ring (bicyclic) bond motifs is 3. The summed E-state index contributed by atoms with van der Waals surface area (Å²) in [5.41, 5.74) is 7.26.